The number of anilines is 2. The number of ether oxygens (including phenoxy) is 1. The summed E-state index contributed by atoms with van der Waals surface area (Å²) in [5.41, 5.74) is 3.31. The number of fused-ring (bicyclic) bond motifs is 1. The minimum absolute atomic E-state index is 0.00582. The Hall–Kier alpha value is -2.93. The number of benzene rings is 1. The molecule has 38 heavy (non-hydrogen) atoms. The van der Waals surface area contributed by atoms with Crippen LogP contribution < -0.4 is 5.32 Å². The van der Waals surface area contributed by atoms with Crippen LogP contribution in [0.2, 0.25) is 5.15 Å². The molecule has 0 bridgehead atoms. The molecule has 2 aliphatic rings. The Bertz CT molecular complexity index is 1550. The fourth-order valence-corrected chi connectivity index (χ4v) is 5.69. The van der Waals surface area contributed by atoms with Gasteiger partial charge in [-0.2, -0.15) is 5.10 Å². The normalized spacial score (nSPS) is 18.8. The molecule has 4 aromatic rings. The number of nitrogens with one attached hydrogen (secondary N) is 1. The summed E-state index contributed by atoms with van der Waals surface area (Å²) in [6, 6.07) is 6.82. The molecule has 3 aromatic heterocycles. The Balaban J connectivity index is 1.42. The molecule has 4 heterocycles. The second kappa shape index (κ2) is 9.99. The van der Waals surface area contributed by atoms with Crippen LogP contribution >= 0.6 is 11.6 Å². The summed E-state index contributed by atoms with van der Waals surface area (Å²) in [7, 11) is 0. The number of hydrogen-bond donors (Lipinski definition) is 1. The minimum atomic E-state index is -2.87. The van der Waals surface area contributed by atoms with Crippen LogP contribution in [0.5, 0.6) is 0 Å². The van der Waals surface area contributed by atoms with Crippen molar-refractivity contribution in [2.24, 2.45) is 0 Å². The average Bonchev–Trinajstić information content (AvgIpc) is 3.55. The minimum Gasteiger partial charge on any atom is -0.768 e. The number of halogens is 3. The van der Waals surface area contributed by atoms with Crippen LogP contribution in [0.1, 0.15) is 62.3 Å². The molecule has 0 amide bonds. The molecular formula is C25H24ClF2N6O3S-. The van der Waals surface area contributed by atoms with Gasteiger partial charge in [-0.1, -0.05) is 17.7 Å². The fraction of sp³-hybridized carbons (Fsp3) is 0.400. The number of imidazole rings is 1. The summed E-state index contributed by atoms with van der Waals surface area (Å²) in [4.78, 5) is 8.47. The topological polar surface area (TPSA) is 110 Å². The maximum atomic E-state index is 14.0. The first-order valence-electron chi connectivity index (χ1n) is 12.3. The molecule has 1 aliphatic heterocycles. The molecule has 1 saturated carbocycles. The van der Waals surface area contributed by atoms with Crippen molar-refractivity contribution in [3.05, 3.63) is 47.1 Å². The van der Waals surface area contributed by atoms with E-state index in [0.717, 1.165) is 36.9 Å². The van der Waals surface area contributed by atoms with Crippen molar-refractivity contribution in [1.82, 2.24) is 24.3 Å². The van der Waals surface area contributed by atoms with E-state index >= 15 is 0 Å². The van der Waals surface area contributed by atoms with Gasteiger partial charge in [0, 0.05) is 28.8 Å². The van der Waals surface area contributed by atoms with Gasteiger partial charge in [0.15, 0.2) is 11.5 Å². The predicted molar refractivity (Wildman–Crippen MR) is 137 cm³/mol. The van der Waals surface area contributed by atoms with E-state index in [1.54, 1.807) is 24.4 Å². The van der Waals surface area contributed by atoms with Crippen molar-refractivity contribution < 1.29 is 22.3 Å². The van der Waals surface area contributed by atoms with E-state index in [1.165, 1.54) is 10.6 Å². The van der Waals surface area contributed by atoms with E-state index < -0.39 is 29.6 Å². The summed E-state index contributed by atoms with van der Waals surface area (Å²) in [6.45, 7) is 2.41. The summed E-state index contributed by atoms with van der Waals surface area (Å²) in [5.74, 6) is -0.476. The third-order valence-electron chi connectivity index (χ3n) is 6.96. The fourth-order valence-electron chi connectivity index (χ4n) is 4.98. The van der Waals surface area contributed by atoms with Crippen molar-refractivity contribution in [3.63, 3.8) is 0 Å². The summed E-state index contributed by atoms with van der Waals surface area (Å²) >= 11 is 3.70. The molecule has 6 rings (SSSR count). The van der Waals surface area contributed by atoms with Gasteiger partial charge in [0.25, 0.3) is 6.43 Å². The van der Waals surface area contributed by atoms with Gasteiger partial charge < -0.3 is 14.6 Å². The van der Waals surface area contributed by atoms with Gasteiger partial charge in [0.05, 0.1) is 23.6 Å². The number of pyridine rings is 1. The Morgan fingerprint density at radius 2 is 2.00 bits per heavy atom. The quantitative estimate of drug-likeness (QED) is 0.211. The molecule has 1 aromatic carbocycles. The van der Waals surface area contributed by atoms with E-state index in [9.17, 15) is 17.5 Å². The molecule has 200 valence electrons. The first kappa shape index (κ1) is 25.4. The smallest absolute Gasteiger partial charge is 0.295 e. The SMILES string of the molecule is Cc1c(-c2ccc(Nc3cc(Cl)nc4c3nc(C(F)F)n4C3CCCCO3)c(S(=O)[O-])c2)cnn1C1CC1. The van der Waals surface area contributed by atoms with Crippen LogP contribution in [-0.2, 0) is 15.8 Å². The van der Waals surface area contributed by atoms with E-state index in [1.807, 2.05) is 11.6 Å². The Morgan fingerprint density at radius 1 is 1.18 bits per heavy atom. The number of alkyl halides is 2. The highest BCUT2D eigenvalue weighted by molar-refractivity contribution is 7.79. The zero-order valence-electron chi connectivity index (χ0n) is 20.4. The van der Waals surface area contributed by atoms with Crippen LogP contribution in [0.25, 0.3) is 22.3 Å². The molecule has 0 radical (unpaired) electrons. The zero-order valence-corrected chi connectivity index (χ0v) is 21.9. The highest BCUT2D eigenvalue weighted by Crippen LogP contribution is 2.40. The van der Waals surface area contributed by atoms with E-state index in [-0.39, 0.29) is 32.6 Å². The molecule has 2 fully saturated rings. The Kier molecular flexibility index (Phi) is 6.67. The van der Waals surface area contributed by atoms with Gasteiger partial charge in [-0.3, -0.25) is 13.5 Å². The molecular weight excluding hydrogens is 538 g/mol. The van der Waals surface area contributed by atoms with Gasteiger partial charge in [-0.05, 0) is 67.8 Å². The Labute approximate surface area is 224 Å². The first-order valence-corrected chi connectivity index (χ1v) is 13.8. The molecule has 13 heteroatoms. The molecule has 1 saturated heterocycles. The van der Waals surface area contributed by atoms with Crippen molar-refractivity contribution in [1.29, 1.82) is 0 Å². The van der Waals surface area contributed by atoms with Gasteiger partial charge >= 0.3 is 0 Å². The largest absolute Gasteiger partial charge is 0.768 e. The molecule has 1 aliphatic carbocycles. The van der Waals surface area contributed by atoms with E-state index in [0.29, 0.717) is 24.6 Å². The second-order valence-corrected chi connectivity index (χ2v) is 10.8. The number of hydrogen-bond acceptors (Lipinski definition) is 7. The lowest BCUT2D eigenvalue weighted by atomic mass is 10.1. The summed E-state index contributed by atoms with van der Waals surface area (Å²) in [5, 5.41) is 7.56. The Morgan fingerprint density at radius 3 is 2.68 bits per heavy atom. The molecule has 0 spiro atoms. The monoisotopic (exact) mass is 561 g/mol. The van der Waals surface area contributed by atoms with Gasteiger partial charge in [-0.15, -0.1) is 0 Å². The van der Waals surface area contributed by atoms with Crippen molar-refractivity contribution in [2.75, 3.05) is 11.9 Å². The average molecular weight is 562 g/mol. The number of aromatic nitrogens is 5. The number of nitrogens with zero attached hydrogens (tertiary/aromatic N) is 5. The van der Waals surface area contributed by atoms with Crippen LogP contribution in [0.3, 0.4) is 0 Å². The van der Waals surface area contributed by atoms with Crippen LogP contribution in [0.15, 0.2) is 35.4 Å². The predicted octanol–water partition coefficient (Wildman–Crippen LogP) is 6.21. The molecule has 2 atom stereocenters. The lowest BCUT2D eigenvalue weighted by Gasteiger charge is -2.25. The van der Waals surface area contributed by atoms with Crippen molar-refractivity contribution in [2.45, 2.75) is 62.6 Å². The summed E-state index contributed by atoms with van der Waals surface area (Å²) < 4.78 is 61.6. The maximum absolute atomic E-state index is 14.0. The summed E-state index contributed by atoms with van der Waals surface area (Å²) in [6.07, 6.45) is 2.61. The van der Waals surface area contributed by atoms with Crippen molar-refractivity contribution >= 4 is 45.2 Å². The van der Waals surface area contributed by atoms with Gasteiger partial charge in [-0.25, -0.2) is 18.7 Å². The van der Waals surface area contributed by atoms with Crippen LogP contribution in [0.4, 0.5) is 20.2 Å². The third kappa shape index (κ3) is 4.59. The van der Waals surface area contributed by atoms with Crippen LogP contribution in [-0.4, -0.2) is 39.7 Å². The molecule has 2 unspecified atom stereocenters. The van der Waals surface area contributed by atoms with E-state index in [4.69, 9.17) is 16.3 Å². The molecule has 9 nitrogen and oxygen atoms in total. The van der Waals surface area contributed by atoms with Gasteiger partial charge in [0.2, 0.25) is 0 Å². The highest BCUT2D eigenvalue weighted by atomic mass is 35.5. The standard InChI is InChI=1S/C25H25ClF2N6O3S/c1-13-16(12-29-34(13)15-6-7-15)14-5-8-17(19(10-14)38(35)36)30-18-11-20(26)31-24-22(18)32-25(23(27)28)33(24)21-4-2-3-9-37-21/h5,8,10-12,15,21,23H,2-4,6-7,9H2,1H3,(H,30,31)(H,35,36)/p-1. The van der Waals surface area contributed by atoms with Crippen LogP contribution in [0, 0.1) is 6.92 Å². The highest BCUT2D eigenvalue weighted by Gasteiger charge is 2.29. The van der Waals surface area contributed by atoms with Crippen molar-refractivity contribution in [3.8, 4) is 11.1 Å². The zero-order chi connectivity index (χ0) is 26.6. The third-order valence-corrected chi connectivity index (χ3v) is 7.85. The first-order chi connectivity index (χ1) is 18.3. The maximum Gasteiger partial charge on any atom is 0.295 e. The van der Waals surface area contributed by atoms with E-state index in [2.05, 4.69) is 20.4 Å². The lowest BCUT2D eigenvalue weighted by molar-refractivity contribution is -0.0363. The number of rotatable bonds is 7. The van der Waals surface area contributed by atoms with Gasteiger partial charge in [0.1, 0.15) is 16.9 Å². The lowest BCUT2D eigenvalue weighted by Crippen LogP contribution is -2.20. The second-order valence-electron chi connectivity index (χ2n) is 9.52. The molecule has 1 N–H and O–H groups in total.